The molecule has 2 amide bonds. The van der Waals surface area contributed by atoms with Gasteiger partial charge in [0.25, 0.3) is 10.0 Å². The maximum absolute atomic E-state index is 13.2. The van der Waals surface area contributed by atoms with Crippen LogP contribution in [0, 0.1) is 0 Å². The van der Waals surface area contributed by atoms with Crippen LogP contribution < -0.4 is 16.0 Å². The van der Waals surface area contributed by atoms with Crippen molar-refractivity contribution in [1.82, 2.24) is 20.3 Å². The highest BCUT2D eigenvalue weighted by Crippen LogP contribution is 2.31. The third kappa shape index (κ3) is 5.43. The molecule has 2 aromatic rings. The topological polar surface area (TPSA) is 108 Å². The van der Waals surface area contributed by atoms with Gasteiger partial charge in [0, 0.05) is 30.0 Å². The van der Waals surface area contributed by atoms with Crippen molar-refractivity contribution >= 4 is 33.4 Å². The lowest BCUT2D eigenvalue weighted by Crippen LogP contribution is -2.51. The van der Waals surface area contributed by atoms with Crippen LogP contribution in [0.5, 0.6) is 0 Å². The van der Waals surface area contributed by atoms with E-state index in [0.717, 1.165) is 35.7 Å². The Balaban J connectivity index is 1.29. The third-order valence-electron chi connectivity index (χ3n) is 6.85. The van der Waals surface area contributed by atoms with Crippen LogP contribution >= 0.6 is 11.6 Å². The van der Waals surface area contributed by atoms with Gasteiger partial charge in [-0.05, 0) is 73.1 Å². The molecule has 0 saturated heterocycles. The van der Waals surface area contributed by atoms with Gasteiger partial charge in [0.2, 0.25) is 11.8 Å². The molecule has 0 bridgehead atoms. The summed E-state index contributed by atoms with van der Waals surface area (Å²) in [6.07, 6.45) is 7.43. The number of hydrogen-bond acceptors (Lipinski definition) is 5. The molecule has 0 aromatic heterocycles. The van der Waals surface area contributed by atoms with Gasteiger partial charge in [0.15, 0.2) is 0 Å². The van der Waals surface area contributed by atoms with Gasteiger partial charge in [-0.3, -0.25) is 13.9 Å². The van der Waals surface area contributed by atoms with Crippen LogP contribution in [0.3, 0.4) is 0 Å². The summed E-state index contributed by atoms with van der Waals surface area (Å²) in [6.45, 7) is 0.844. The lowest BCUT2D eigenvalue weighted by Gasteiger charge is -2.32. The number of fused-ring (bicyclic) bond motifs is 1. The summed E-state index contributed by atoms with van der Waals surface area (Å²) >= 11 is 5.89. The van der Waals surface area contributed by atoms with Crippen LogP contribution in [-0.2, 0) is 32.6 Å². The van der Waals surface area contributed by atoms with Crippen LogP contribution in [0.1, 0.15) is 54.8 Å². The minimum Gasteiger partial charge on any atom is -0.349 e. The molecule has 3 aliphatic rings. The summed E-state index contributed by atoms with van der Waals surface area (Å²) in [4.78, 5) is 25.7. The van der Waals surface area contributed by atoms with E-state index in [0.29, 0.717) is 11.1 Å². The first-order valence-electron chi connectivity index (χ1n) is 12.2. The molecule has 0 unspecified atom stereocenters. The van der Waals surface area contributed by atoms with E-state index in [1.165, 1.54) is 60.6 Å². The van der Waals surface area contributed by atoms with Crippen LogP contribution in [-0.4, -0.2) is 36.6 Å². The van der Waals surface area contributed by atoms with Crippen molar-refractivity contribution in [1.29, 1.82) is 0 Å². The fourth-order valence-corrected chi connectivity index (χ4v) is 6.35. The van der Waals surface area contributed by atoms with Gasteiger partial charge in [-0.25, -0.2) is 8.42 Å². The van der Waals surface area contributed by atoms with E-state index >= 15 is 0 Å². The average molecular weight is 529 g/mol. The number of nitrogens with one attached hydrogen (secondary N) is 3. The molecule has 1 heterocycles. The largest absolute Gasteiger partial charge is 0.349 e. The summed E-state index contributed by atoms with van der Waals surface area (Å²) in [7, 11) is -4.06. The van der Waals surface area contributed by atoms with Crippen molar-refractivity contribution in [3.8, 4) is 0 Å². The van der Waals surface area contributed by atoms with Crippen molar-refractivity contribution in [2.75, 3.05) is 0 Å². The molecule has 0 radical (unpaired) electrons. The van der Waals surface area contributed by atoms with Gasteiger partial charge in [-0.1, -0.05) is 29.8 Å². The van der Waals surface area contributed by atoms with Crippen molar-refractivity contribution in [2.24, 2.45) is 0 Å². The molecule has 8 nitrogen and oxygen atoms in total. The summed E-state index contributed by atoms with van der Waals surface area (Å²) in [5, 5.41) is 9.49. The van der Waals surface area contributed by atoms with E-state index < -0.39 is 22.0 Å². The molecular weight excluding hydrogens is 500 g/mol. The number of hydrogen-bond donors (Lipinski definition) is 3. The maximum Gasteiger partial charge on any atom is 0.264 e. The quantitative estimate of drug-likeness (QED) is 0.488. The van der Waals surface area contributed by atoms with E-state index in [2.05, 4.69) is 34.1 Å². The van der Waals surface area contributed by atoms with Gasteiger partial charge < -0.3 is 16.0 Å². The fraction of sp³-hybridized carbons (Fsp3) is 0.385. The first-order valence-corrected chi connectivity index (χ1v) is 14.0. The van der Waals surface area contributed by atoms with E-state index in [4.69, 9.17) is 11.6 Å². The van der Waals surface area contributed by atoms with Gasteiger partial charge in [-0.15, -0.1) is 0 Å². The SMILES string of the molecule is O=C(C[C@@H]1C(=O)NC=CN1S(=O)(=O)c1ccc(Cl)cc1)N[C@@H]1CCCc2cc(CNC3CC3)ccc21. The lowest BCUT2D eigenvalue weighted by atomic mass is 9.86. The molecule has 1 fully saturated rings. The molecule has 3 N–H and O–H groups in total. The van der Waals surface area contributed by atoms with Crippen molar-refractivity contribution in [3.63, 3.8) is 0 Å². The highest BCUT2D eigenvalue weighted by atomic mass is 35.5. The molecule has 5 rings (SSSR count). The zero-order chi connectivity index (χ0) is 25.3. The van der Waals surface area contributed by atoms with E-state index in [-0.39, 0.29) is 23.3 Å². The van der Waals surface area contributed by atoms with E-state index in [1.54, 1.807) is 0 Å². The number of aryl methyl sites for hydroxylation is 1. The van der Waals surface area contributed by atoms with Gasteiger partial charge in [0.1, 0.15) is 6.04 Å². The minimum absolute atomic E-state index is 0.00940. The highest BCUT2D eigenvalue weighted by Gasteiger charge is 2.37. The summed E-state index contributed by atoms with van der Waals surface area (Å²) in [5.41, 5.74) is 3.55. The maximum atomic E-state index is 13.2. The number of amides is 2. The highest BCUT2D eigenvalue weighted by molar-refractivity contribution is 7.89. The van der Waals surface area contributed by atoms with Crippen molar-refractivity contribution in [2.45, 2.75) is 68.1 Å². The Bertz CT molecular complexity index is 1290. The molecule has 2 aliphatic carbocycles. The minimum atomic E-state index is -4.06. The predicted octanol–water partition coefficient (Wildman–Crippen LogP) is 3.14. The number of rotatable bonds is 8. The number of benzene rings is 2. The Morgan fingerprint density at radius 2 is 1.89 bits per heavy atom. The zero-order valence-electron chi connectivity index (χ0n) is 19.7. The van der Waals surface area contributed by atoms with Crippen LogP contribution in [0.15, 0.2) is 59.8 Å². The second-order valence-corrected chi connectivity index (χ2v) is 11.8. The van der Waals surface area contributed by atoms with E-state index in [1.807, 2.05) is 0 Å². The first-order chi connectivity index (χ1) is 17.3. The average Bonchev–Trinajstić information content (AvgIpc) is 3.69. The molecule has 190 valence electrons. The molecule has 0 spiro atoms. The molecular formula is C26H29ClN4O4S. The Kier molecular flexibility index (Phi) is 7.05. The Hall–Kier alpha value is -2.88. The summed E-state index contributed by atoms with van der Waals surface area (Å²) in [5.74, 6) is -0.930. The molecule has 2 aromatic carbocycles. The second-order valence-electron chi connectivity index (χ2n) is 9.53. The van der Waals surface area contributed by atoms with Gasteiger partial charge in [-0.2, -0.15) is 0 Å². The predicted molar refractivity (Wildman–Crippen MR) is 136 cm³/mol. The molecule has 2 atom stereocenters. The van der Waals surface area contributed by atoms with Crippen LogP contribution in [0.4, 0.5) is 0 Å². The molecule has 1 aliphatic heterocycles. The third-order valence-corrected chi connectivity index (χ3v) is 8.90. The zero-order valence-corrected chi connectivity index (χ0v) is 21.3. The lowest BCUT2D eigenvalue weighted by molar-refractivity contribution is -0.129. The fourth-order valence-electron chi connectivity index (χ4n) is 4.77. The standard InChI is InChI=1S/C26H29ClN4O4S/c27-19-5-9-21(10-6-19)36(34,35)31-13-12-28-26(33)24(31)15-25(32)30-23-3-1-2-18-14-17(4-11-22(18)23)16-29-20-7-8-20/h4-6,9-14,20,23-24,29H,1-3,7-8,15-16H2,(H,28,33)(H,30,32)/t23-,24-/m1/s1. The number of halogens is 1. The van der Waals surface area contributed by atoms with Crippen molar-refractivity contribution < 1.29 is 18.0 Å². The number of carbonyl (C=O) groups excluding carboxylic acids is 2. The summed E-state index contributed by atoms with van der Waals surface area (Å²) < 4.78 is 27.4. The second kappa shape index (κ2) is 10.2. The van der Waals surface area contributed by atoms with Gasteiger partial charge >= 0.3 is 0 Å². The smallest absolute Gasteiger partial charge is 0.264 e. The molecule has 10 heteroatoms. The number of sulfonamides is 1. The van der Waals surface area contributed by atoms with Crippen molar-refractivity contribution in [3.05, 3.63) is 76.6 Å². The molecule has 1 saturated carbocycles. The van der Waals surface area contributed by atoms with Gasteiger partial charge in [0.05, 0.1) is 17.4 Å². The monoisotopic (exact) mass is 528 g/mol. The Morgan fingerprint density at radius 1 is 1.11 bits per heavy atom. The van der Waals surface area contributed by atoms with Crippen LogP contribution in [0.25, 0.3) is 0 Å². The summed E-state index contributed by atoms with van der Waals surface area (Å²) in [6, 6.07) is 11.4. The number of nitrogens with zero attached hydrogens (tertiary/aromatic N) is 1. The Labute approximate surface area is 216 Å². The van der Waals surface area contributed by atoms with E-state index in [9.17, 15) is 18.0 Å². The normalized spacial score (nSPS) is 21.6. The number of carbonyl (C=O) groups is 2. The first kappa shape index (κ1) is 24.8. The Morgan fingerprint density at radius 3 is 2.64 bits per heavy atom. The van der Waals surface area contributed by atoms with Crippen LogP contribution in [0.2, 0.25) is 5.02 Å². The molecule has 36 heavy (non-hydrogen) atoms.